The minimum atomic E-state index is 0.117. The van der Waals surface area contributed by atoms with Gasteiger partial charge >= 0.3 is 0 Å². The highest BCUT2D eigenvalue weighted by Crippen LogP contribution is 2.49. The Kier molecular flexibility index (Phi) is 5.33. The molecule has 136 valence electrons. The van der Waals surface area contributed by atoms with Crippen molar-refractivity contribution in [2.45, 2.75) is 69.4 Å². The second-order valence-corrected chi connectivity index (χ2v) is 8.51. The van der Waals surface area contributed by atoms with Crippen molar-refractivity contribution in [1.29, 1.82) is 0 Å². The van der Waals surface area contributed by atoms with E-state index in [1.54, 1.807) is 0 Å². The third kappa shape index (κ3) is 4.03. The predicted octanol–water partition coefficient (Wildman–Crippen LogP) is 4.36. The van der Waals surface area contributed by atoms with Crippen LogP contribution in [-0.4, -0.2) is 36.0 Å². The van der Waals surface area contributed by atoms with Crippen LogP contribution in [0.3, 0.4) is 0 Å². The molecule has 3 aliphatic rings. The fraction of sp³-hybridized carbons (Fsp3) is 0.667. The van der Waals surface area contributed by atoms with Crippen molar-refractivity contribution in [2.24, 2.45) is 5.92 Å². The van der Waals surface area contributed by atoms with Gasteiger partial charge in [-0.25, -0.2) is 0 Å². The summed E-state index contributed by atoms with van der Waals surface area (Å²) in [4.78, 5) is 15.3. The number of likely N-dealkylation sites (tertiary alicyclic amines) is 1. The average Bonchev–Trinajstić information content (AvgIpc) is 3.35. The van der Waals surface area contributed by atoms with Crippen molar-refractivity contribution in [1.82, 2.24) is 10.2 Å². The maximum atomic E-state index is 12.6. The van der Waals surface area contributed by atoms with E-state index in [0.29, 0.717) is 12.0 Å². The zero-order valence-electron chi connectivity index (χ0n) is 14.9. The zero-order chi connectivity index (χ0) is 17.2. The van der Waals surface area contributed by atoms with Gasteiger partial charge in [-0.1, -0.05) is 55.5 Å². The molecule has 1 N–H and O–H groups in total. The molecule has 1 aliphatic heterocycles. The van der Waals surface area contributed by atoms with Gasteiger partial charge in [0.1, 0.15) is 0 Å². The Morgan fingerprint density at radius 3 is 2.60 bits per heavy atom. The molecule has 3 nitrogen and oxygen atoms in total. The van der Waals surface area contributed by atoms with Crippen LogP contribution in [0, 0.1) is 5.92 Å². The largest absolute Gasteiger partial charge is 0.352 e. The lowest BCUT2D eigenvalue weighted by molar-refractivity contribution is -0.123. The van der Waals surface area contributed by atoms with E-state index in [-0.39, 0.29) is 11.8 Å². The van der Waals surface area contributed by atoms with Gasteiger partial charge in [0.15, 0.2) is 0 Å². The van der Waals surface area contributed by atoms with Gasteiger partial charge in [0.2, 0.25) is 5.91 Å². The summed E-state index contributed by atoms with van der Waals surface area (Å²) < 4.78 is 0. The molecule has 0 bridgehead atoms. The first kappa shape index (κ1) is 17.4. The molecule has 1 aromatic carbocycles. The van der Waals surface area contributed by atoms with Crippen molar-refractivity contribution in [3.8, 4) is 0 Å². The smallest absolute Gasteiger partial charge is 0.224 e. The van der Waals surface area contributed by atoms with Crippen LogP contribution in [0.15, 0.2) is 24.3 Å². The van der Waals surface area contributed by atoms with Crippen LogP contribution in [-0.2, 0) is 4.79 Å². The Hall–Kier alpha value is -1.06. The molecule has 3 fully saturated rings. The van der Waals surface area contributed by atoms with Gasteiger partial charge in [-0.15, -0.1) is 0 Å². The summed E-state index contributed by atoms with van der Waals surface area (Å²) >= 11 is 6.28. The van der Waals surface area contributed by atoms with Gasteiger partial charge in [0, 0.05) is 36.1 Å². The monoisotopic (exact) mass is 360 g/mol. The molecule has 1 heterocycles. The molecule has 4 heteroatoms. The van der Waals surface area contributed by atoms with Gasteiger partial charge in [-0.05, 0) is 43.2 Å². The standard InChI is InChI=1S/C21H29ClN2O/c22-20-10-6-5-9-17(20)18-13-19(18)21(25)23-15-11-12-24(14-15)16-7-3-1-2-4-8-16/h5-6,9-10,15-16,18-19H,1-4,7-8,11-14H2,(H,23,25). The SMILES string of the molecule is O=C(NC1CCN(C2CCCCCC2)C1)C1CC1c1ccccc1Cl. The lowest BCUT2D eigenvalue weighted by atomic mass is 10.1. The maximum Gasteiger partial charge on any atom is 0.224 e. The predicted molar refractivity (Wildman–Crippen MR) is 102 cm³/mol. The summed E-state index contributed by atoms with van der Waals surface area (Å²) in [6.45, 7) is 2.19. The quantitative estimate of drug-likeness (QED) is 0.809. The molecule has 4 rings (SSSR count). The molecule has 0 aromatic heterocycles. The van der Waals surface area contributed by atoms with Gasteiger partial charge < -0.3 is 5.32 Å². The fourth-order valence-electron chi connectivity index (χ4n) is 4.77. The summed E-state index contributed by atoms with van der Waals surface area (Å²) in [6.07, 6.45) is 10.3. The Morgan fingerprint density at radius 2 is 1.84 bits per heavy atom. The van der Waals surface area contributed by atoms with E-state index in [1.165, 1.54) is 38.5 Å². The van der Waals surface area contributed by atoms with Crippen LogP contribution in [0.4, 0.5) is 0 Å². The van der Waals surface area contributed by atoms with Crippen LogP contribution in [0.25, 0.3) is 0 Å². The number of nitrogens with one attached hydrogen (secondary N) is 1. The molecule has 2 saturated carbocycles. The summed E-state index contributed by atoms with van der Waals surface area (Å²) in [6, 6.07) is 9.03. The summed E-state index contributed by atoms with van der Waals surface area (Å²) in [7, 11) is 0. The average molecular weight is 361 g/mol. The molecule has 2 aliphatic carbocycles. The molecule has 1 aromatic rings. The minimum absolute atomic E-state index is 0.117. The minimum Gasteiger partial charge on any atom is -0.352 e. The van der Waals surface area contributed by atoms with Crippen LogP contribution in [0.2, 0.25) is 5.02 Å². The molecule has 0 spiro atoms. The van der Waals surface area contributed by atoms with Crippen molar-refractivity contribution in [3.63, 3.8) is 0 Å². The van der Waals surface area contributed by atoms with Gasteiger partial charge in [-0.3, -0.25) is 9.69 Å². The second-order valence-electron chi connectivity index (χ2n) is 8.10. The number of carbonyl (C=O) groups is 1. The molecule has 1 amide bonds. The lowest BCUT2D eigenvalue weighted by Crippen LogP contribution is -2.40. The third-order valence-electron chi connectivity index (χ3n) is 6.34. The van der Waals surface area contributed by atoms with E-state index in [2.05, 4.69) is 16.3 Å². The number of amides is 1. The molecule has 3 atom stereocenters. The van der Waals surface area contributed by atoms with E-state index in [0.717, 1.165) is 42.6 Å². The molecule has 1 saturated heterocycles. The molecular formula is C21H29ClN2O. The Bertz CT molecular complexity index is 612. The van der Waals surface area contributed by atoms with E-state index < -0.39 is 0 Å². The summed E-state index contributed by atoms with van der Waals surface area (Å²) in [5.74, 6) is 0.664. The van der Waals surface area contributed by atoms with E-state index in [4.69, 9.17) is 11.6 Å². The number of halogens is 1. The van der Waals surface area contributed by atoms with Gasteiger partial charge in [-0.2, -0.15) is 0 Å². The van der Waals surface area contributed by atoms with Crippen molar-refractivity contribution in [3.05, 3.63) is 34.9 Å². The van der Waals surface area contributed by atoms with Crippen molar-refractivity contribution >= 4 is 17.5 Å². The van der Waals surface area contributed by atoms with Crippen molar-refractivity contribution in [2.75, 3.05) is 13.1 Å². The third-order valence-corrected chi connectivity index (χ3v) is 6.68. The number of hydrogen-bond acceptors (Lipinski definition) is 2. The number of hydrogen-bond donors (Lipinski definition) is 1. The highest BCUT2D eigenvalue weighted by molar-refractivity contribution is 6.31. The summed E-state index contributed by atoms with van der Waals surface area (Å²) in [5, 5.41) is 4.12. The van der Waals surface area contributed by atoms with E-state index in [9.17, 15) is 4.79 Å². The first-order valence-electron chi connectivity index (χ1n) is 10.0. The van der Waals surface area contributed by atoms with Crippen LogP contribution in [0.1, 0.15) is 62.8 Å². The number of rotatable bonds is 4. The van der Waals surface area contributed by atoms with Crippen LogP contribution >= 0.6 is 11.6 Å². The highest BCUT2D eigenvalue weighted by atomic mass is 35.5. The lowest BCUT2D eigenvalue weighted by Gasteiger charge is -2.26. The highest BCUT2D eigenvalue weighted by Gasteiger charge is 2.45. The molecule has 3 unspecified atom stereocenters. The van der Waals surface area contributed by atoms with Crippen LogP contribution in [0.5, 0.6) is 0 Å². The summed E-state index contributed by atoms with van der Waals surface area (Å²) in [5.41, 5.74) is 1.14. The zero-order valence-corrected chi connectivity index (χ0v) is 15.7. The molecule has 25 heavy (non-hydrogen) atoms. The fourth-order valence-corrected chi connectivity index (χ4v) is 5.05. The first-order valence-corrected chi connectivity index (χ1v) is 10.4. The van der Waals surface area contributed by atoms with Crippen LogP contribution < -0.4 is 5.32 Å². The van der Waals surface area contributed by atoms with E-state index in [1.807, 2.05) is 18.2 Å². The van der Waals surface area contributed by atoms with Crippen molar-refractivity contribution < 1.29 is 4.79 Å². The van der Waals surface area contributed by atoms with Gasteiger partial charge in [0.05, 0.1) is 0 Å². The topological polar surface area (TPSA) is 32.3 Å². The van der Waals surface area contributed by atoms with Gasteiger partial charge in [0.25, 0.3) is 0 Å². The maximum absolute atomic E-state index is 12.6. The first-order chi connectivity index (χ1) is 12.2. The Balaban J connectivity index is 1.27. The molecule has 0 radical (unpaired) electrons. The number of nitrogens with zero attached hydrogens (tertiary/aromatic N) is 1. The second kappa shape index (κ2) is 7.67. The Morgan fingerprint density at radius 1 is 1.08 bits per heavy atom. The normalized spacial score (nSPS) is 30.8. The molecular weight excluding hydrogens is 332 g/mol. The Labute approximate surface area is 156 Å². The number of carbonyl (C=O) groups excluding carboxylic acids is 1. The van der Waals surface area contributed by atoms with E-state index >= 15 is 0 Å². The number of benzene rings is 1.